The van der Waals surface area contributed by atoms with Crippen LogP contribution in [-0.4, -0.2) is 5.91 Å². The summed E-state index contributed by atoms with van der Waals surface area (Å²) in [7, 11) is 0. The fourth-order valence-electron chi connectivity index (χ4n) is 1.05. The summed E-state index contributed by atoms with van der Waals surface area (Å²) in [5.74, 6) is -0.112. The van der Waals surface area contributed by atoms with Gasteiger partial charge in [0, 0.05) is 11.4 Å². The smallest absolute Gasteiger partial charge is 0.221 e. The van der Waals surface area contributed by atoms with Gasteiger partial charge in [-0.2, -0.15) is 5.26 Å². The molecule has 0 spiro atoms. The van der Waals surface area contributed by atoms with E-state index in [9.17, 15) is 4.79 Å². The number of rotatable bonds is 2. The zero-order valence-electron chi connectivity index (χ0n) is 7.67. The van der Waals surface area contributed by atoms with Crippen molar-refractivity contribution in [1.29, 1.82) is 5.26 Å². The monoisotopic (exact) mass is 252 g/mol. The maximum atomic E-state index is 10.8. The van der Waals surface area contributed by atoms with E-state index in [0.717, 1.165) is 15.7 Å². The van der Waals surface area contributed by atoms with Gasteiger partial charge >= 0.3 is 0 Å². The van der Waals surface area contributed by atoms with Crippen molar-refractivity contribution in [1.82, 2.24) is 0 Å². The molecule has 0 saturated carbocycles. The van der Waals surface area contributed by atoms with Crippen LogP contribution in [-0.2, 0) is 11.2 Å². The highest BCUT2D eigenvalue weighted by Crippen LogP contribution is 2.23. The molecule has 0 radical (unpaired) electrons. The quantitative estimate of drug-likeness (QED) is 0.880. The molecular formula is C10H9BrN2O. The lowest BCUT2D eigenvalue weighted by molar-refractivity contribution is -0.114. The van der Waals surface area contributed by atoms with Crippen molar-refractivity contribution in [3.05, 3.63) is 28.2 Å². The number of nitrogens with zero attached hydrogens (tertiary/aromatic N) is 1. The van der Waals surface area contributed by atoms with Crippen LogP contribution in [0, 0.1) is 11.3 Å². The van der Waals surface area contributed by atoms with Gasteiger partial charge in [0.05, 0.1) is 18.2 Å². The third-order valence-electron chi connectivity index (χ3n) is 1.63. The van der Waals surface area contributed by atoms with Crippen LogP contribution in [0.25, 0.3) is 0 Å². The first-order valence-corrected chi connectivity index (χ1v) is 4.85. The lowest BCUT2D eigenvalue weighted by Gasteiger charge is -2.05. The molecule has 72 valence electrons. The fraction of sp³-hybridized carbons (Fsp3) is 0.200. The number of anilines is 1. The fourth-order valence-corrected chi connectivity index (χ4v) is 1.58. The van der Waals surface area contributed by atoms with E-state index in [0.29, 0.717) is 6.42 Å². The summed E-state index contributed by atoms with van der Waals surface area (Å²) in [5, 5.41) is 11.2. The predicted octanol–water partition coefficient (Wildman–Crippen LogP) is 2.47. The number of benzene rings is 1. The number of hydrogen-bond donors (Lipinski definition) is 1. The third kappa shape index (κ3) is 2.86. The zero-order valence-corrected chi connectivity index (χ0v) is 9.26. The first kappa shape index (κ1) is 10.7. The molecule has 1 N–H and O–H groups in total. The standard InChI is InChI=1S/C10H9BrN2O/c1-7(14)13-10-3-2-8(4-5-12)6-9(10)11/h2-3,6H,4H2,1H3,(H,13,14). The molecule has 0 unspecified atom stereocenters. The first-order valence-electron chi connectivity index (χ1n) is 4.06. The molecule has 1 aromatic rings. The molecule has 0 aromatic heterocycles. The highest BCUT2D eigenvalue weighted by Gasteiger charge is 2.02. The number of amides is 1. The second-order valence-corrected chi connectivity index (χ2v) is 3.68. The summed E-state index contributed by atoms with van der Waals surface area (Å²) in [6, 6.07) is 7.49. The van der Waals surface area contributed by atoms with E-state index < -0.39 is 0 Å². The topological polar surface area (TPSA) is 52.9 Å². The van der Waals surface area contributed by atoms with Gasteiger partial charge in [-0.15, -0.1) is 0 Å². The van der Waals surface area contributed by atoms with Gasteiger partial charge in [0.15, 0.2) is 0 Å². The first-order chi connectivity index (χ1) is 6.63. The molecule has 0 bridgehead atoms. The van der Waals surface area contributed by atoms with Gasteiger partial charge in [-0.1, -0.05) is 6.07 Å². The third-order valence-corrected chi connectivity index (χ3v) is 2.28. The summed E-state index contributed by atoms with van der Waals surface area (Å²) in [6.07, 6.45) is 0.374. The van der Waals surface area contributed by atoms with Crippen LogP contribution in [0.4, 0.5) is 5.69 Å². The predicted molar refractivity (Wildman–Crippen MR) is 57.8 cm³/mol. The van der Waals surface area contributed by atoms with Gasteiger partial charge in [-0.05, 0) is 33.6 Å². The van der Waals surface area contributed by atoms with Crippen LogP contribution in [0.15, 0.2) is 22.7 Å². The Morgan fingerprint density at radius 3 is 2.86 bits per heavy atom. The van der Waals surface area contributed by atoms with E-state index in [1.165, 1.54) is 6.92 Å². The Morgan fingerprint density at radius 1 is 1.64 bits per heavy atom. The van der Waals surface area contributed by atoms with Crippen LogP contribution in [0.1, 0.15) is 12.5 Å². The molecule has 1 rings (SSSR count). The van der Waals surface area contributed by atoms with Crippen molar-refractivity contribution >= 4 is 27.5 Å². The minimum atomic E-state index is -0.112. The largest absolute Gasteiger partial charge is 0.325 e. The van der Waals surface area contributed by atoms with Gasteiger partial charge < -0.3 is 5.32 Å². The van der Waals surface area contributed by atoms with Crippen LogP contribution < -0.4 is 5.32 Å². The Labute approximate surface area is 90.9 Å². The van der Waals surface area contributed by atoms with Crippen molar-refractivity contribution in [3.63, 3.8) is 0 Å². The lowest BCUT2D eigenvalue weighted by atomic mass is 10.1. The average molecular weight is 253 g/mol. The normalized spacial score (nSPS) is 9.21. The highest BCUT2D eigenvalue weighted by molar-refractivity contribution is 9.10. The van der Waals surface area contributed by atoms with E-state index in [2.05, 4.69) is 27.3 Å². The Bertz CT molecular complexity index is 396. The number of halogens is 1. The summed E-state index contributed by atoms with van der Waals surface area (Å²) in [4.78, 5) is 10.8. The van der Waals surface area contributed by atoms with Crippen molar-refractivity contribution in [2.24, 2.45) is 0 Å². The maximum Gasteiger partial charge on any atom is 0.221 e. The molecule has 0 atom stereocenters. The Hall–Kier alpha value is -1.34. The van der Waals surface area contributed by atoms with Crippen molar-refractivity contribution < 1.29 is 4.79 Å². The number of hydrogen-bond acceptors (Lipinski definition) is 2. The Kier molecular flexibility index (Phi) is 3.66. The molecule has 0 fully saturated rings. The van der Waals surface area contributed by atoms with Crippen molar-refractivity contribution in [2.75, 3.05) is 5.32 Å². The Morgan fingerprint density at radius 2 is 2.36 bits per heavy atom. The molecule has 1 aromatic carbocycles. The molecular weight excluding hydrogens is 244 g/mol. The SMILES string of the molecule is CC(=O)Nc1ccc(CC#N)cc1Br. The van der Waals surface area contributed by atoms with Crippen molar-refractivity contribution in [2.45, 2.75) is 13.3 Å². The number of nitrogens with one attached hydrogen (secondary N) is 1. The maximum absolute atomic E-state index is 10.8. The molecule has 0 aliphatic rings. The number of carbonyl (C=O) groups is 1. The highest BCUT2D eigenvalue weighted by atomic mass is 79.9. The lowest BCUT2D eigenvalue weighted by Crippen LogP contribution is -2.06. The summed E-state index contributed by atoms with van der Waals surface area (Å²) >= 11 is 3.32. The van der Waals surface area contributed by atoms with Gasteiger partial charge in [0.1, 0.15) is 0 Å². The van der Waals surface area contributed by atoms with E-state index in [1.807, 2.05) is 12.1 Å². The molecule has 4 heteroatoms. The number of carbonyl (C=O) groups excluding carboxylic acids is 1. The molecule has 14 heavy (non-hydrogen) atoms. The van der Waals surface area contributed by atoms with Gasteiger partial charge in [0.2, 0.25) is 5.91 Å². The molecule has 0 aliphatic carbocycles. The minimum Gasteiger partial charge on any atom is -0.325 e. The van der Waals surface area contributed by atoms with Crippen LogP contribution >= 0.6 is 15.9 Å². The molecule has 0 saturated heterocycles. The van der Waals surface area contributed by atoms with Crippen LogP contribution in [0.2, 0.25) is 0 Å². The summed E-state index contributed by atoms with van der Waals surface area (Å²) < 4.78 is 0.792. The number of nitriles is 1. The van der Waals surface area contributed by atoms with Crippen LogP contribution in [0.5, 0.6) is 0 Å². The molecule has 0 aliphatic heterocycles. The van der Waals surface area contributed by atoms with Crippen LogP contribution in [0.3, 0.4) is 0 Å². The van der Waals surface area contributed by atoms with Gasteiger partial charge in [0.25, 0.3) is 0 Å². The molecule has 3 nitrogen and oxygen atoms in total. The second-order valence-electron chi connectivity index (χ2n) is 2.83. The summed E-state index contributed by atoms with van der Waals surface area (Å²) in [6.45, 7) is 1.45. The molecule has 0 heterocycles. The van der Waals surface area contributed by atoms with Crippen molar-refractivity contribution in [3.8, 4) is 6.07 Å². The van der Waals surface area contributed by atoms with Gasteiger partial charge in [-0.25, -0.2) is 0 Å². The summed E-state index contributed by atoms with van der Waals surface area (Å²) in [5.41, 5.74) is 1.65. The zero-order chi connectivity index (χ0) is 10.6. The average Bonchev–Trinajstić information content (AvgIpc) is 2.10. The molecule has 1 amide bonds. The van der Waals surface area contributed by atoms with Gasteiger partial charge in [-0.3, -0.25) is 4.79 Å². The van der Waals surface area contributed by atoms with E-state index in [4.69, 9.17) is 5.26 Å². The van der Waals surface area contributed by atoms with E-state index in [-0.39, 0.29) is 5.91 Å². The minimum absolute atomic E-state index is 0.112. The Balaban J connectivity index is 2.90. The van der Waals surface area contributed by atoms with E-state index >= 15 is 0 Å². The second kappa shape index (κ2) is 4.77. The van der Waals surface area contributed by atoms with E-state index in [1.54, 1.807) is 6.07 Å².